The molecular formula is C22H23N3O2S. The molecule has 1 aromatic carbocycles. The molecule has 2 heterocycles. The lowest BCUT2D eigenvalue weighted by Gasteiger charge is -2.16. The Hall–Kier alpha value is -2.65. The van der Waals surface area contributed by atoms with E-state index in [-0.39, 0.29) is 24.2 Å². The first-order valence-corrected chi connectivity index (χ1v) is 10.2. The number of aromatic nitrogens is 1. The van der Waals surface area contributed by atoms with Crippen LogP contribution in [-0.2, 0) is 9.59 Å². The third kappa shape index (κ3) is 3.95. The fraction of sp³-hybridized carbons (Fsp3) is 0.364. The first-order valence-electron chi connectivity index (χ1n) is 9.36. The van der Waals surface area contributed by atoms with Crippen LogP contribution in [0.15, 0.2) is 41.4 Å². The van der Waals surface area contributed by atoms with Crippen molar-refractivity contribution in [3.8, 4) is 6.07 Å². The van der Waals surface area contributed by atoms with Crippen LogP contribution in [0, 0.1) is 11.3 Å². The number of hydrogen-bond acceptors (Lipinski definition) is 5. The van der Waals surface area contributed by atoms with Crippen LogP contribution in [0.4, 0.5) is 5.69 Å². The number of hydrogen-bond donors (Lipinski definition) is 0. The molecule has 1 atom stereocenters. The smallest absolute Gasteiger partial charge is 0.247 e. The molecule has 3 rings (SSSR count). The van der Waals surface area contributed by atoms with E-state index in [1.54, 1.807) is 6.07 Å². The maximum atomic E-state index is 12.9. The van der Waals surface area contributed by atoms with Crippen molar-refractivity contribution in [2.75, 3.05) is 4.90 Å². The van der Waals surface area contributed by atoms with E-state index in [1.807, 2.05) is 44.2 Å². The predicted molar refractivity (Wildman–Crippen MR) is 110 cm³/mol. The van der Waals surface area contributed by atoms with Gasteiger partial charge < -0.3 is 0 Å². The molecular weight excluding hydrogens is 370 g/mol. The van der Waals surface area contributed by atoms with Gasteiger partial charge in [-0.25, -0.2) is 9.88 Å². The minimum Gasteiger partial charge on any atom is -0.274 e. The highest BCUT2D eigenvalue weighted by atomic mass is 32.2. The summed E-state index contributed by atoms with van der Waals surface area (Å²) in [6, 6.07) is 13.2. The van der Waals surface area contributed by atoms with E-state index in [0.717, 1.165) is 11.3 Å². The molecule has 2 amide bonds. The fourth-order valence-electron chi connectivity index (χ4n) is 3.06. The van der Waals surface area contributed by atoms with Crippen LogP contribution in [0.2, 0.25) is 0 Å². The van der Waals surface area contributed by atoms with E-state index in [0.29, 0.717) is 22.2 Å². The Morgan fingerprint density at radius 2 is 1.75 bits per heavy atom. The Balaban J connectivity index is 1.84. The normalized spacial score (nSPS) is 16.9. The average Bonchev–Trinajstić information content (AvgIpc) is 2.95. The molecule has 1 aliphatic rings. The lowest BCUT2D eigenvalue weighted by molar-refractivity contribution is -0.121. The quantitative estimate of drug-likeness (QED) is 0.693. The maximum Gasteiger partial charge on any atom is 0.247 e. The van der Waals surface area contributed by atoms with Crippen molar-refractivity contribution in [1.82, 2.24) is 4.98 Å². The van der Waals surface area contributed by atoms with Crippen LogP contribution in [-0.4, -0.2) is 22.0 Å². The van der Waals surface area contributed by atoms with Crippen molar-refractivity contribution in [1.29, 1.82) is 5.26 Å². The monoisotopic (exact) mass is 393 g/mol. The van der Waals surface area contributed by atoms with Gasteiger partial charge in [-0.2, -0.15) is 5.26 Å². The third-order valence-electron chi connectivity index (χ3n) is 4.77. The second kappa shape index (κ2) is 8.15. The summed E-state index contributed by atoms with van der Waals surface area (Å²) in [6.07, 6.45) is 0.105. The number of rotatable bonds is 5. The van der Waals surface area contributed by atoms with Gasteiger partial charge in [0.15, 0.2) is 0 Å². The zero-order chi connectivity index (χ0) is 20.4. The third-order valence-corrected chi connectivity index (χ3v) is 5.96. The summed E-state index contributed by atoms with van der Waals surface area (Å²) in [5.41, 5.74) is 3.03. The van der Waals surface area contributed by atoms with Crippen LogP contribution in [0.3, 0.4) is 0 Å². The predicted octanol–water partition coefficient (Wildman–Crippen LogP) is 4.62. The van der Waals surface area contributed by atoms with Crippen LogP contribution in [0.25, 0.3) is 0 Å². The summed E-state index contributed by atoms with van der Waals surface area (Å²) in [5.74, 6) is 0.112. The summed E-state index contributed by atoms with van der Waals surface area (Å²) in [6.45, 7) is 8.24. The van der Waals surface area contributed by atoms with E-state index >= 15 is 0 Å². The molecule has 6 heteroatoms. The zero-order valence-electron chi connectivity index (χ0n) is 16.5. The molecule has 5 nitrogen and oxygen atoms in total. The van der Waals surface area contributed by atoms with E-state index in [1.165, 1.54) is 16.7 Å². The summed E-state index contributed by atoms with van der Waals surface area (Å²) in [7, 11) is 0. The number of imide groups is 1. The van der Waals surface area contributed by atoms with Gasteiger partial charge in [0, 0.05) is 12.1 Å². The number of anilines is 1. The number of amides is 2. The molecule has 0 radical (unpaired) electrons. The summed E-state index contributed by atoms with van der Waals surface area (Å²) in [5, 5.41) is 9.32. The minimum absolute atomic E-state index is 0.105. The molecule has 0 spiro atoms. The van der Waals surface area contributed by atoms with E-state index in [4.69, 9.17) is 0 Å². The van der Waals surface area contributed by atoms with Gasteiger partial charge in [-0.3, -0.25) is 9.59 Å². The largest absolute Gasteiger partial charge is 0.274 e. The van der Waals surface area contributed by atoms with Gasteiger partial charge in [-0.1, -0.05) is 51.6 Å². The molecule has 1 fully saturated rings. The molecule has 1 saturated heterocycles. The van der Waals surface area contributed by atoms with Gasteiger partial charge in [0.1, 0.15) is 11.1 Å². The Kier molecular flexibility index (Phi) is 5.85. The van der Waals surface area contributed by atoms with Crippen LogP contribution >= 0.6 is 11.8 Å². The van der Waals surface area contributed by atoms with Gasteiger partial charge >= 0.3 is 0 Å². The first-order chi connectivity index (χ1) is 13.3. The first kappa shape index (κ1) is 20.1. The van der Waals surface area contributed by atoms with Gasteiger partial charge in [0.25, 0.3) is 0 Å². The highest BCUT2D eigenvalue weighted by Crippen LogP contribution is 2.35. The number of thioether (sulfide) groups is 1. The van der Waals surface area contributed by atoms with Crippen molar-refractivity contribution >= 4 is 29.3 Å². The Morgan fingerprint density at radius 3 is 2.32 bits per heavy atom. The summed E-state index contributed by atoms with van der Waals surface area (Å²) >= 11 is 1.21. The van der Waals surface area contributed by atoms with Gasteiger partial charge in [-0.15, -0.1) is 0 Å². The molecule has 0 N–H and O–H groups in total. The fourth-order valence-corrected chi connectivity index (χ4v) is 4.16. The number of nitriles is 1. The number of carbonyl (C=O) groups excluding carboxylic acids is 2. The van der Waals surface area contributed by atoms with Crippen molar-refractivity contribution in [2.24, 2.45) is 0 Å². The van der Waals surface area contributed by atoms with Crippen molar-refractivity contribution < 1.29 is 9.59 Å². The maximum absolute atomic E-state index is 12.9. The second-order valence-electron chi connectivity index (χ2n) is 7.48. The van der Waals surface area contributed by atoms with Crippen molar-refractivity contribution in [3.05, 3.63) is 53.2 Å². The van der Waals surface area contributed by atoms with Gasteiger partial charge in [-0.05, 0) is 41.7 Å². The molecule has 1 aromatic heterocycles. The van der Waals surface area contributed by atoms with E-state index in [9.17, 15) is 14.9 Å². The Bertz CT molecular complexity index is 945. The topological polar surface area (TPSA) is 74.1 Å². The SMILES string of the molecule is CC(C)c1ccc(N2C(=O)CC(Sc3nc(C(C)C)ccc3C#N)C2=O)cc1. The average molecular weight is 394 g/mol. The second-order valence-corrected chi connectivity index (χ2v) is 8.67. The summed E-state index contributed by atoms with van der Waals surface area (Å²) in [4.78, 5) is 31.3. The molecule has 0 aliphatic carbocycles. The molecule has 144 valence electrons. The van der Waals surface area contributed by atoms with Crippen molar-refractivity contribution in [2.45, 2.75) is 56.2 Å². The van der Waals surface area contributed by atoms with Crippen molar-refractivity contribution in [3.63, 3.8) is 0 Å². The van der Waals surface area contributed by atoms with Crippen LogP contribution < -0.4 is 4.90 Å². The highest BCUT2D eigenvalue weighted by molar-refractivity contribution is 8.00. The molecule has 1 aliphatic heterocycles. The van der Waals surface area contributed by atoms with Gasteiger partial charge in [0.05, 0.1) is 16.5 Å². The molecule has 1 unspecified atom stereocenters. The number of carbonyl (C=O) groups is 2. The minimum atomic E-state index is -0.570. The highest BCUT2D eigenvalue weighted by Gasteiger charge is 2.40. The Labute approximate surface area is 169 Å². The number of benzene rings is 1. The number of nitrogens with zero attached hydrogens (tertiary/aromatic N) is 3. The Morgan fingerprint density at radius 1 is 1.07 bits per heavy atom. The van der Waals surface area contributed by atoms with E-state index in [2.05, 4.69) is 24.9 Å². The van der Waals surface area contributed by atoms with E-state index < -0.39 is 5.25 Å². The molecule has 28 heavy (non-hydrogen) atoms. The summed E-state index contributed by atoms with van der Waals surface area (Å²) < 4.78 is 0. The lowest BCUT2D eigenvalue weighted by Crippen LogP contribution is -2.31. The van der Waals surface area contributed by atoms with Gasteiger partial charge in [0.2, 0.25) is 11.8 Å². The standard InChI is InChI=1S/C22H23N3O2S/c1-13(2)15-5-8-17(9-6-15)25-20(26)11-19(22(25)27)28-21-16(12-23)7-10-18(24-21)14(3)4/h5-10,13-14,19H,11H2,1-4H3. The molecule has 0 saturated carbocycles. The lowest BCUT2D eigenvalue weighted by atomic mass is 10.0. The zero-order valence-corrected chi connectivity index (χ0v) is 17.3. The number of pyridine rings is 1. The molecule has 0 bridgehead atoms. The van der Waals surface area contributed by atoms with Crippen LogP contribution in [0.1, 0.15) is 62.8 Å². The molecule has 2 aromatic rings. The van der Waals surface area contributed by atoms with Crippen LogP contribution in [0.5, 0.6) is 0 Å².